The molecule has 5 nitrogen and oxygen atoms in total. The number of hydrogen-bond donors (Lipinski definition) is 0. The molecule has 0 atom stereocenters. The average molecular weight is 461 g/mol. The Labute approximate surface area is 170 Å². The Balaban J connectivity index is -0.000000950. The van der Waals surface area contributed by atoms with Crippen LogP contribution in [-0.2, 0) is 21.2 Å². The topological polar surface area (TPSA) is 46.2 Å². The second-order valence-corrected chi connectivity index (χ2v) is 29.4. The van der Waals surface area contributed by atoms with Gasteiger partial charge < -0.3 is 21.2 Å². The number of hydrogen-bond acceptors (Lipinski definition) is 5. The summed E-state index contributed by atoms with van der Waals surface area (Å²) in [6.45, 7) is 29.9. The van der Waals surface area contributed by atoms with Crippen LogP contribution in [0.4, 0.5) is 0 Å². The van der Waals surface area contributed by atoms with E-state index in [9.17, 15) is 0 Å². The molecule has 0 amide bonds. The van der Waals surface area contributed by atoms with E-state index in [0.29, 0.717) is 0 Å². The lowest BCUT2D eigenvalue weighted by atomic mass is 11.0. The van der Waals surface area contributed by atoms with Gasteiger partial charge in [-0.05, 0) is 78.6 Å². The molecule has 0 saturated heterocycles. The molecule has 0 aromatic carbocycles. The van der Waals surface area contributed by atoms with E-state index in [2.05, 4.69) is 83.3 Å². The van der Waals surface area contributed by atoms with E-state index in [1.165, 1.54) is 0 Å². The molecular weight excluding hydrogens is 413 g/mol. The Kier molecular flexibility index (Phi) is 15.1. The van der Waals surface area contributed by atoms with Crippen molar-refractivity contribution in [1.82, 2.24) is 0 Å². The number of methoxy groups -OCH3 is 1. The molecule has 0 rings (SSSR count). The van der Waals surface area contributed by atoms with E-state index in [4.69, 9.17) is 16.5 Å². The van der Waals surface area contributed by atoms with E-state index in [1.54, 1.807) is 14.2 Å². The van der Waals surface area contributed by atoms with E-state index >= 15 is 0 Å². The molecule has 0 N–H and O–H groups in total. The van der Waals surface area contributed by atoms with E-state index in [-0.39, 0.29) is 0 Å². The van der Waals surface area contributed by atoms with Gasteiger partial charge >= 0.3 is 25.7 Å². The van der Waals surface area contributed by atoms with Crippen LogP contribution in [0.2, 0.25) is 78.6 Å². The van der Waals surface area contributed by atoms with Crippen LogP contribution in [0.5, 0.6) is 0 Å². The fraction of sp³-hybridized carbons (Fsp3) is 1.00. The highest BCUT2D eigenvalue weighted by Gasteiger charge is 2.44. The van der Waals surface area contributed by atoms with Gasteiger partial charge in [-0.25, -0.2) is 0 Å². The minimum atomic E-state index is -2.26. The maximum absolute atomic E-state index is 6.39. The Morgan fingerprint density at radius 1 is 0.385 bits per heavy atom. The molecule has 0 saturated carbocycles. The van der Waals surface area contributed by atoms with Crippen molar-refractivity contribution in [1.29, 1.82) is 0 Å². The van der Waals surface area contributed by atoms with Gasteiger partial charge in [0.05, 0.1) is 0 Å². The van der Waals surface area contributed by atoms with Gasteiger partial charge in [-0.2, -0.15) is 0 Å². The predicted molar refractivity (Wildman–Crippen MR) is 128 cm³/mol. The molecule has 0 spiro atoms. The first-order valence-corrected chi connectivity index (χ1v) is 24.7. The highest BCUT2D eigenvalue weighted by molar-refractivity contribution is 6.90. The summed E-state index contributed by atoms with van der Waals surface area (Å²) in [5.74, 6) is 0. The smallest absolute Gasteiger partial charge is 0.314 e. The summed E-state index contributed by atoms with van der Waals surface area (Å²) in [7, 11) is -6.52. The van der Waals surface area contributed by atoms with Crippen LogP contribution >= 0.6 is 0 Å². The van der Waals surface area contributed by atoms with Crippen LogP contribution in [0, 0.1) is 0 Å². The molecular formula is C16H48O5Si5. The summed E-state index contributed by atoms with van der Waals surface area (Å²) < 4.78 is 29.6. The van der Waals surface area contributed by atoms with Gasteiger partial charge in [0.15, 0.2) is 16.6 Å². The van der Waals surface area contributed by atoms with E-state index in [1.807, 2.05) is 13.8 Å². The maximum atomic E-state index is 6.39. The average Bonchev–Trinajstić information content (AvgIpc) is 2.21. The monoisotopic (exact) mass is 460 g/mol. The molecule has 0 bridgehead atoms. The van der Waals surface area contributed by atoms with Crippen molar-refractivity contribution in [2.45, 2.75) is 92.4 Å². The van der Waals surface area contributed by atoms with Crippen LogP contribution in [0.3, 0.4) is 0 Å². The summed E-state index contributed by atoms with van der Waals surface area (Å²) in [6.07, 6.45) is 0. The minimum Gasteiger partial charge on any atom is -0.437 e. The van der Waals surface area contributed by atoms with Crippen molar-refractivity contribution >= 4 is 42.3 Å². The Morgan fingerprint density at radius 3 is 0.692 bits per heavy atom. The molecule has 0 aliphatic carbocycles. The first kappa shape index (κ1) is 31.6. The highest BCUT2D eigenvalue weighted by Crippen LogP contribution is 2.25. The first-order valence-electron chi connectivity index (χ1n) is 9.45. The van der Waals surface area contributed by atoms with Crippen LogP contribution in [0.25, 0.3) is 0 Å². The summed E-state index contributed by atoms with van der Waals surface area (Å²) in [6, 6.07) is 0. The largest absolute Gasteiger partial charge is 0.437 e. The van der Waals surface area contributed by atoms with Gasteiger partial charge in [-0.1, -0.05) is 13.8 Å². The minimum absolute atomic E-state index is 1.60. The number of rotatable bonds is 8. The van der Waals surface area contributed by atoms with Crippen LogP contribution in [0.15, 0.2) is 0 Å². The zero-order valence-corrected chi connectivity index (χ0v) is 25.5. The van der Waals surface area contributed by atoms with Crippen molar-refractivity contribution in [2.24, 2.45) is 0 Å². The summed E-state index contributed by atoms with van der Waals surface area (Å²) in [5.41, 5.74) is 0. The Morgan fingerprint density at radius 2 is 0.538 bits per heavy atom. The zero-order valence-electron chi connectivity index (χ0n) is 20.5. The zero-order chi connectivity index (χ0) is 22.0. The van der Waals surface area contributed by atoms with Gasteiger partial charge in [-0.15, -0.1) is 0 Å². The van der Waals surface area contributed by atoms with E-state index in [0.717, 1.165) is 0 Å². The van der Waals surface area contributed by atoms with Crippen molar-refractivity contribution in [3.05, 3.63) is 0 Å². The van der Waals surface area contributed by atoms with Crippen LogP contribution in [-0.4, -0.2) is 56.5 Å². The van der Waals surface area contributed by atoms with Crippen LogP contribution < -0.4 is 0 Å². The molecule has 0 aromatic heterocycles. The van der Waals surface area contributed by atoms with Crippen molar-refractivity contribution in [2.75, 3.05) is 14.2 Å². The lowest BCUT2D eigenvalue weighted by Crippen LogP contribution is -2.58. The SMILES string of the molecule is CC.COC.C[Si](C)(C)O[Si](C)(C)O[Si](C)(C)O[Si](C)(C)O[Si](C)(C)C. The molecule has 10 heteroatoms. The third-order valence-corrected chi connectivity index (χ3v) is 18.8. The molecule has 0 aromatic rings. The second-order valence-electron chi connectivity index (χ2n) is 9.24. The Bertz CT molecular complexity index is 331. The van der Waals surface area contributed by atoms with Crippen molar-refractivity contribution < 1.29 is 21.2 Å². The number of ether oxygens (including phenoxy) is 1. The third kappa shape index (κ3) is 22.9. The quantitative estimate of drug-likeness (QED) is 0.408. The lowest BCUT2D eigenvalue weighted by Gasteiger charge is -2.41. The van der Waals surface area contributed by atoms with Gasteiger partial charge in [0, 0.05) is 14.2 Å². The molecule has 0 unspecified atom stereocenters. The van der Waals surface area contributed by atoms with Gasteiger partial charge in [-0.3, -0.25) is 0 Å². The molecule has 0 aliphatic heterocycles. The summed E-state index contributed by atoms with van der Waals surface area (Å²) >= 11 is 0. The normalized spacial score (nSPS) is 13.4. The third-order valence-electron chi connectivity index (χ3n) is 2.09. The summed E-state index contributed by atoms with van der Waals surface area (Å²) in [5, 5.41) is 0. The fourth-order valence-corrected chi connectivity index (χ4v) is 25.6. The van der Waals surface area contributed by atoms with Crippen molar-refractivity contribution in [3.8, 4) is 0 Å². The second kappa shape index (κ2) is 12.4. The molecule has 0 fully saturated rings. The lowest BCUT2D eigenvalue weighted by molar-refractivity contribution is 0.277. The molecule has 0 radical (unpaired) electrons. The molecule has 0 heterocycles. The Hall–Kier alpha value is 0.884. The van der Waals surface area contributed by atoms with E-state index < -0.39 is 42.3 Å². The maximum Gasteiger partial charge on any atom is 0.314 e. The molecule has 0 aliphatic rings. The standard InChI is InChI=1S/C12H36O4Si5.C2H6O.C2H6/c1-17(2,3)13-19(7,8)15-21(11,12)16-20(9,10)14-18(4,5)6;1-3-2;1-2/h1-12H3;1-2H3;1-2H3. The van der Waals surface area contributed by atoms with Crippen LogP contribution in [0.1, 0.15) is 13.8 Å². The molecule has 26 heavy (non-hydrogen) atoms. The first-order chi connectivity index (χ1) is 11.2. The summed E-state index contributed by atoms with van der Waals surface area (Å²) in [4.78, 5) is 0. The van der Waals surface area contributed by atoms with Gasteiger partial charge in [0.2, 0.25) is 0 Å². The van der Waals surface area contributed by atoms with Gasteiger partial charge in [0.1, 0.15) is 0 Å². The fourth-order valence-electron chi connectivity index (χ4n) is 2.72. The molecule has 162 valence electrons. The highest BCUT2D eigenvalue weighted by atomic mass is 28.5. The van der Waals surface area contributed by atoms with Gasteiger partial charge in [0.25, 0.3) is 0 Å². The predicted octanol–water partition coefficient (Wildman–Crippen LogP) is 6.12. The van der Waals surface area contributed by atoms with Crippen molar-refractivity contribution in [3.63, 3.8) is 0 Å².